The molecule has 0 aliphatic heterocycles. The predicted molar refractivity (Wildman–Crippen MR) is 159 cm³/mol. The van der Waals surface area contributed by atoms with E-state index in [4.69, 9.17) is 9.47 Å². The van der Waals surface area contributed by atoms with E-state index in [9.17, 15) is 14.7 Å². The molecule has 1 atom stereocenters. The average Bonchev–Trinajstić information content (AvgIpc) is 2.92. The summed E-state index contributed by atoms with van der Waals surface area (Å²) in [7, 11) is 0. The lowest BCUT2D eigenvalue weighted by Gasteiger charge is -2.15. The van der Waals surface area contributed by atoms with Gasteiger partial charge in [0.05, 0.1) is 6.61 Å². The topological polar surface area (TPSA) is 72.8 Å². The van der Waals surface area contributed by atoms with Gasteiger partial charge in [-0.15, -0.1) is 0 Å². The van der Waals surface area contributed by atoms with Gasteiger partial charge in [-0.3, -0.25) is 9.59 Å². The fourth-order valence-corrected chi connectivity index (χ4v) is 4.29. The summed E-state index contributed by atoms with van der Waals surface area (Å²) in [4.78, 5) is 24.0. The van der Waals surface area contributed by atoms with Crippen LogP contribution in [0.4, 0.5) is 0 Å². The molecule has 0 aliphatic carbocycles. The Labute approximate surface area is 234 Å². The monoisotopic (exact) mass is 536 g/mol. The Morgan fingerprint density at radius 3 is 1.58 bits per heavy atom. The van der Waals surface area contributed by atoms with Crippen LogP contribution in [0, 0.1) is 0 Å². The Morgan fingerprint density at radius 1 is 0.605 bits per heavy atom. The number of aliphatic hydroxyl groups excluding tert-OH is 1. The van der Waals surface area contributed by atoms with Crippen LogP contribution in [-0.2, 0) is 19.1 Å². The summed E-state index contributed by atoms with van der Waals surface area (Å²) in [6.07, 6.45) is 32.3. The van der Waals surface area contributed by atoms with Gasteiger partial charge in [0.2, 0.25) is 0 Å². The molecule has 0 fully saturated rings. The van der Waals surface area contributed by atoms with Crippen LogP contribution in [0.5, 0.6) is 0 Å². The van der Waals surface area contributed by atoms with E-state index in [-0.39, 0.29) is 25.2 Å². The zero-order valence-electron chi connectivity index (χ0n) is 24.9. The van der Waals surface area contributed by atoms with E-state index in [1.165, 1.54) is 77.0 Å². The number of unbranched alkanes of at least 4 members (excludes halogenated alkanes) is 16. The lowest BCUT2D eigenvalue weighted by molar-refractivity contribution is -0.161. The Balaban J connectivity index is 3.62. The maximum absolute atomic E-state index is 12.1. The molecule has 0 saturated carbocycles. The van der Waals surface area contributed by atoms with E-state index < -0.39 is 6.10 Å². The Bertz CT molecular complexity index is 584. The van der Waals surface area contributed by atoms with Crippen molar-refractivity contribution in [3.8, 4) is 0 Å². The molecule has 0 amide bonds. The van der Waals surface area contributed by atoms with E-state index >= 15 is 0 Å². The molecular weight excluding hydrogens is 476 g/mol. The Morgan fingerprint density at radius 2 is 1.05 bits per heavy atom. The molecule has 5 nitrogen and oxygen atoms in total. The lowest BCUT2D eigenvalue weighted by Crippen LogP contribution is -2.28. The van der Waals surface area contributed by atoms with Gasteiger partial charge in [0.25, 0.3) is 0 Å². The van der Waals surface area contributed by atoms with Crippen LogP contribution in [0.15, 0.2) is 24.3 Å². The van der Waals surface area contributed by atoms with Gasteiger partial charge in [-0.05, 0) is 44.9 Å². The van der Waals surface area contributed by atoms with Gasteiger partial charge in [-0.25, -0.2) is 0 Å². The summed E-state index contributed by atoms with van der Waals surface area (Å²) in [6, 6.07) is 0. The van der Waals surface area contributed by atoms with Crippen molar-refractivity contribution in [2.75, 3.05) is 13.2 Å². The second-order valence-corrected chi connectivity index (χ2v) is 10.5. The fraction of sp³-hybridized carbons (Fsp3) is 0.818. The van der Waals surface area contributed by atoms with Crippen molar-refractivity contribution in [3.63, 3.8) is 0 Å². The van der Waals surface area contributed by atoms with Gasteiger partial charge in [-0.1, -0.05) is 122 Å². The third-order valence-electron chi connectivity index (χ3n) is 6.75. The molecule has 38 heavy (non-hydrogen) atoms. The number of carbonyl (C=O) groups excluding carboxylic acids is 2. The summed E-state index contributed by atoms with van der Waals surface area (Å²) in [5, 5.41) is 9.46. The van der Waals surface area contributed by atoms with Crippen molar-refractivity contribution in [2.45, 2.75) is 161 Å². The Kier molecular flexibility index (Phi) is 28.7. The highest BCUT2D eigenvalue weighted by atomic mass is 16.6. The number of aliphatic hydroxyl groups is 1. The first-order valence-corrected chi connectivity index (χ1v) is 15.9. The maximum atomic E-state index is 12.1. The van der Waals surface area contributed by atoms with Gasteiger partial charge >= 0.3 is 11.9 Å². The van der Waals surface area contributed by atoms with Crippen LogP contribution in [0.2, 0.25) is 0 Å². The Hall–Kier alpha value is -1.62. The third-order valence-corrected chi connectivity index (χ3v) is 6.75. The minimum absolute atomic E-state index is 0.0691. The molecule has 5 heteroatoms. The smallest absolute Gasteiger partial charge is 0.306 e. The SMILES string of the molecule is CCCCCC/C=C\C/C=C\CCCCCCCC(=O)OC(CO)COC(=O)CCCCCCCCCC. The number of esters is 2. The van der Waals surface area contributed by atoms with Crippen LogP contribution in [0.25, 0.3) is 0 Å². The lowest BCUT2D eigenvalue weighted by atomic mass is 10.1. The number of carbonyl (C=O) groups is 2. The molecular formula is C33H60O5. The molecule has 0 spiro atoms. The van der Waals surface area contributed by atoms with Crippen molar-refractivity contribution >= 4 is 11.9 Å². The second kappa shape index (κ2) is 29.9. The van der Waals surface area contributed by atoms with E-state index in [0.717, 1.165) is 51.4 Å². The van der Waals surface area contributed by atoms with E-state index in [1.807, 2.05) is 0 Å². The molecule has 0 aliphatic rings. The first kappa shape index (κ1) is 36.4. The van der Waals surface area contributed by atoms with Crippen molar-refractivity contribution in [2.24, 2.45) is 0 Å². The van der Waals surface area contributed by atoms with Gasteiger partial charge < -0.3 is 14.6 Å². The van der Waals surface area contributed by atoms with Crippen molar-refractivity contribution < 1.29 is 24.2 Å². The maximum Gasteiger partial charge on any atom is 0.306 e. The highest BCUT2D eigenvalue weighted by molar-refractivity contribution is 5.70. The largest absolute Gasteiger partial charge is 0.462 e. The zero-order chi connectivity index (χ0) is 27.9. The molecule has 0 saturated heterocycles. The molecule has 0 aromatic rings. The van der Waals surface area contributed by atoms with Gasteiger partial charge in [-0.2, -0.15) is 0 Å². The molecule has 0 aromatic heterocycles. The normalized spacial score (nSPS) is 12.4. The summed E-state index contributed by atoms with van der Waals surface area (Å²) in [5.41, 5.74) is 0. The number of hydrogen-bond donors (Lipinski definition) is 1. The molecule has 0 aromatic carbocycles. The molecule has 222 valence electrons. The molecule has 1 unspecified atom stereocenters. The van der Waals surface area contributed by atoms with E-state index in [2.05, 4.69) is 38.2 Å². The van der Waals surface area contributed by atoms with E-state index in [0.29, 0.717) is 12.8 Å². The molecule has 0 heterocycles. The minimum atomic E-state index is -0.771. The number of ether oxygens (including phenoxy) is 2. The molecule has 0 rings (SSSR count). The van der Waals surface area contributed by atoms with Crippen LogP contribution in [0.1, 0.15) is 155 Å². The van der Waals surface area contributed by atoms with Gasteiger partial charge in [0.1, 0.15) is 6.61 Å². The summed E-state index contributed by atoms with van der Waals surface area (Å²) in [5.74, 6) is -0.612. The fourth-order valence-electron chi connectivity index (χ4n) is 4.29. The van der Waals surface area contributed by atoms with Crippen LogP contribution in [-0.4, -0.2) is 36.4 Å². The highest BCUT2D eigenvalue weighted by Gasteiger charge is 2.16. The number of rotatable bonds is 28. The quantitative estimate of drug-likeness (QED) is 0.0613. The third kappa shape index (κ3) is 27.4. The zero-order valence-corrected chi connectivity index (χ0v) is 24.9. The predicted octanol–water partition coefficient (Wildman–Crippen LogP) is 9.17. The number of hydrogen-bond acceptors (Lipinski definition) is 5. The first-order valence-electron chi connectivity index (χ1n) is 15.9. The average molecular weight is 537 g/mol. The van der Waals surface area contributed by atoms with Crippen LogP contribution < -0.4 is 0 Å². The van der Waals surface area contributed by atoms with E-state index in [1.54, 1.807) is 0 Å². The van der Waals surface area contributed by atoms with Crippen molar-refractivity contribution in [1.82, 2.24) is 0 Å². The minimum Gasteiger partial charge on any atom is -0.462 e. The molecule has 0 bridgehead atoms. The second-order valence-electron chi connectivity index (χ2n) is 10.5. The highest BCUT2D eigenvalue weighted by Crippen LogP contribution is 2.11. The first-order chi connectivity index (χ1) is 18.6. The van der Waals surface area contributed by atoms with Crippen LogP contribution >= 0.6 is 0 Å². The molecule has 0 radical (unpaired) electrons. The summed E-state index contributed by atoms with van der Waals surface area (Å²) in [6.45, 7) is 4.06. The summed E-state index contributed by atoms with van der Waals surface area (Å²) < 4.78 is 10.5. The molecule has 1 N–H and O–H groups in total. The number of allylic oxidation sites excluding steroid dienone is 4. The van der Waals surface area contributed by atoms with Gasteiger partial charge in [0, 0.05) is 12.8 Å². The van der Waals surface area contributed by atoms with Crippen molar-refractivity contribution in [3.05, 3.63) is 24.3 Å². The van der Waals surface area contributed by atoms with Crippen LogP contribution in [0.3, 0.4) is 0 Å². The van der Waals surface area contributed by atoms with Crippen molar-refractivity contribution in [1.29, 1.82) is 0 Å². The standard InChI is InChI=1S/C33H60O5/c1-3-5-7-9-11-13-14-15-16-17-18-19-20-22-24-26-28-33(36)38-31(29-34)30-37-32(35)27-25-23-21-12-10-8-6-4-2/h13-14,16-17,31,34H,3-12,15,18-30H2,1-2H3/b14-13-,17-16-. The summed E-state index contributed by atoms with van der Waals surface area (Å²) >= 11 is 0. The van der Waals surface area contributed by atoms with Gasteiger partial charge in [0.15, 0.2) is 6.10 Å².